The van der Waals surface area contributed by atoms with Crippen LogP contribution in [0.15, 0.2) is 24.3 Å². The fraction of sp³-hybridized carbons (Fsp3) is 0.300. The lowest BCUT2D eigenvalue weighted by atomic mass is 10.2. The number of ether oxygens (including phenoxy) is 1. The number of halogens is 4. The lowest BCUT2D eigenvalue weighted by Crippen LogP contribution is -2.32. The summed E-state index contributed by atoms with van der Waals surface area (Å²) < 4.78 is 41.7. The van der Waals surface area contributed by atoms with E-state index in [1.807, 2.05) is 6.07 Å². The first kappa shape index (κ1) is 12.7. The Labute approximate surface area is 95.2 Å². The Balaban J connectivity index is 2.73. The van der Waals surface area contributed by atoms with Gasteiger partial charge < -0.3 is 4.74 Å². The summed E-state index contributed by atoms with van der Waals surface area (Å²) in [5.41, 5.74) is -2.26. The molecule has 0 radical (unpaired) electrons. The quantitative estimate of drug-likeness (QED) is 0.768. The van der Waals surface area contributed by atoms with Crippen molar-refractivity contribution in [3.8, 4) is 11.8 Å². The Morgan fingerprint density at radius 3 is 2.38 bits per heavy atom. The van der Waals surface area contributed by atoms with Gasteiger partial charge in [-0.3, -0.25) is 0 Å². The molecule has 0 heterocycles. The fourth-order valence-electron chi connectivity index (χ4n) is 0.968. The Hall–Kier alpha value is -1.41. The van der Waals surface area contributed by atoms with Crippen molar-refractivity contribution < 1.29 is 17.9 Å². The van der Waals surface area contributed by atoms with Gasteiger partial charge in [0.05, 0.1) is 12.5 Å². The zero-order chi connectivity index (χ0) is 12.2. The normalized spacial score (nSPS) is 12.9. The van der Waals surface area contributed by atoms with E-state index in [4.69, 9.17) is 5.26 Å². The van der Waals surface area contributed by atoms with E-state index in [2.05, 4.69) is 16.3 Å². The number of alkyl halides is 4. The van der Waals surface area contributed by atoms with E-state index in [1.165, 1.54) is 24.3 Å². The van der Waals surface area contributed by atoms with Crippen LogP contribution < -0.4 is 4.74 Å². The van der Waals surface area contributed by atoms with Crippen molar-refractivity contribution >= 4 is 11.6 Å². The van der Waals surface area contributed by atoms with Crippen LogP contribution in [0.3, 0.4) is 0 Å². The Morgan fingerprint density at radius 2 is 1.94 bits per heavy atom. The van der Waals surface area contributed by atoms with Crippen LogP contribution in [0.4, 0.5) is 13.2 Å². The highest BCUT2D eigenvalue weighted by atomic mass is 35.5. The van der Waals surface area contributed by atoms with Crippen LogP contribution >= 0.6 is 11.6 Å². The lowest BCUT2D eigenvalue weighted by molar-refractivity contribution is -0.199. The van der Waals surface area contributed by atoms with Crippen molar-refractivity contribution in [3.05, 3.63) is 29.8 Å². The number of rotatable bonds is 4. The van der Waals surface area contributed by atoms with E-state index in [1.54, 1.807) is 0 Å². The van der Waals surface area contributed by atoms with Gasteiger partial charge in [-0.1, -0.05) is 23.7 Å². The van der Waals surface area contributed by atoms with Crippen LogP contribution in [-0.4, -0.2) is 11.7 Å². The Bertz CT molecular complexity index is 386. The molecule has 0 N–H and O–H groups in total. The van der Waals surface area contributed by atoms with E-state index < -0.39 is 11.7 Å². The second kappa shape index (κ2) is 5.08. The van der Waals surface area contributed by atoms with Gasteiger partial charge in [0.25, 0.3) is 5.63 Å². The monoisotopic (exact) mass is 249 g/mol. The van der Waals surface area contributed by atoms with E-state index in [0.29, 0.717) is 5.56 Å². The summed E-state index contributed by atoms with van der Waals surface area (Å²) in [7, 11) is 0. The molecule has 1 atom stereocenters. The van der Waals surface area contributed by atoms with Gasteiger partial charge in [0, 0.05) is 0 Å². The number of hydrogen-bond donors (Lipinski definition) is 0. The second-order valence-corrected chi connectivity index (χ2v) is 3.33. The van der Waals surface area contributed by atoms with Gasteiger partial charge in [0.15, 0.2) is 0 Å². The van der Waals surface area contributed by atoms with Gasteiger partial charge in [0.2, 0.25) is 0 Å². The predicted molar refractivity (Wildman–Crippen MR) is 52.1 cm³/mol. The molecule has 0 fully saturated rings. The van der Waals surface area contributed by atoms with Gasteiger partial charge in [-0.25, -0.2) is 4.39 Å². The highest BCUT2D eigenvalue weighted by molar-refractivity contribution is 6.20. The fourth-order valence-corrected chi connectivity index (χ4v) is 1.01. The maximum atomic E-state index is 12.7. The molecule has 0 spiro atoms. The maximum Gasteiger partial charge on any atom is 0.444 e. The largest absolute Gasteiger partial charge is 0.444 e. The molecule has 16 heavy (non-hydrogen) atoms. The van der Waals surface area contributed by atoms with E-state index in [0.717, 1.165) is 0 Å². The topological polar surface area (TPSA) is 33.0 Å². The summed E-state index contributed by atoms with van der Waals surface area (Å²) in [6, 6.07) is 7.23. The first-order chi connectivity index (χ1) is 7.45. The summed E-state index contributed by atoms with van der Waals surface area (Å²) in [4.78, 5) is 0. The summed E-state index contributed by atoms with van der Waals surface area (Å²) in [5.74, 6) is -0.213. The van der Waals surface area contributed by atoms with E-state index >= 15 is 0 Å². The summed E-state index contributed by atoms with van der Waals surface area (Å²) in [5, 5.41) is 8.38. The first-order valence-electron chi connectivity index (χ1n) is 4.26. The molecular formula is C10H7ClF3NO. The number of hydrogen-bond acceptors (Lipinski definition) is 2. The number of benzene rings is 1. The van der Waals surface area contributed by atoms with Crippen LogP contribution in [0.5, 0.6) is 5.75 Å². The zero-order valence-electron chi connectivity index (χ0n) is 7.96. The Kier molecular flexibility index (Phi) is 4.02. The molecule has 0 aromatic heterocycles. The van der Waals surface area contributed by atoms with Crippen molar-refractivity contribution in [2.75, 3.05) is 0 Å². The van der Waals surface area contributed by atoms with Crippen molar-refractivity contribution in [3.63, 3.8) is 0 Å². The molecule has 0 aliphatic carbocycles. The van der Waals surface area contributed by atoms with Crippen LogP contribution in [0.1, 0.15) is 5.56 Å². The minimum Gasteiger partial charge on any atom is -0.429 e. The van der Waals surface area contributed by atoms with Gasteiger partial charge in [-0.05, 0) is 17.7 Å². The molecule has 0 saturated heterocycles. The second-order valence-electron chi connectivity index (χ2n) is 2.94. The molecule has 6 heteroatoms. The molecule has 0 saturated carbocycles. The Morgan fingerprint density at radius 1 is 1.38 bits per heavy atom. The summed E-state index contributed by atoms with van der Waals surface area (Å²) in [6.07, 6.45) is -3.91. The molecule has 0 aliphatic heterocycles. The molecule has 0 bridgehead atoms. The SMILES string of the molecule is N#CCc1ccc(OC(F)(F)C(F)Cl)cc1. The minimum atomic E-state index is -4.07. The molecule has 2 nitrogen and oxygen atoms in total. The van der Waals surface area contributed by atoms with Crippen LogP contribution in [-0.2, 0) is 6.42 Å². The van der Waals surface area contributed by atoms with Crippen LogP contribution in [0.2, 0.25) is 0 Å². The summed E-state index contributed by atoms with van der Waals surface area (Å²) >= 11 is 4.62. The van der Waals surface area contributed by atoms with Crippen LogP contribution in [0.25, 0.3) is 0 Å². The van der Waals surface area contributed by atoms with Crippen molar-refractivity contribution in [2.24, 2.45) is 0 Å². The molecule has 86 valence electrons. The van der Waals surface area contributed by atoms with Gasteiger partial charge in [-0.15, -0.1) is 0 Å². The highest BCUT2D eigenvalue weighted by Gasteiger charge is 2.42. The van der Waals surface area contributed by atoms with E-state index in [-0.39, 0.29) is 12.2 Å². The zero-order valence-corrected chi connectivity index (χ0v) is 8.72. The molecule has 1 aromatic carbocycles. The van der Waals surface area contributed by atoms with Crippen molar-refractivity contribution in [2.45, 2.75) is 18.2 Å². The molecule has 1 unspecified atom stereocenters. The first-order valence-corrected chi connectivity index (χ1v) is 4.70. The van der Waals surface area contributed by atoms with E-state index in [9.17, 15) is 13.2 Å². The third-order valence-corrected chi connectivity index (χ3v) is 1.97. The minimum absolute atomic E-state index is 0.165. The third-order valence-electron chi connectivity index (χ3n) is 1.71. The molecule has 1 aromatic rings. The van der Waals surface area contributed by atoms with Gasteiger partial charge >= 0.3 is 6.11 Å². The van der Waals surface area contributed by atoms with Crippen molar-refractivity contribution in [1.29, 1.82) is 5.26 Å². The number of nitrogens with zero attached hydrogens (tertiary/aromatic N) is 1. The maximum absolute atomic E-state index is 12.7. The van der Waals surface area contributed by atoms with Crippen LogP contribution in [0, 0.1) is 11.3 Å². The average molecular weight is 250 g/mol. The highest BCUT2D eigenvalue weighted by Crippen LogP contribution is 2.28. The summed E-state index contributed by atoms with van der Waals surface area (Å²) in [6.45, 7) is 0. The third kappa shape index (κ3) is 3.31. The predicted octanol–water partition coefficient (Wildman–Crippen LogP) is 3.26. The molecule has 0 amide bonds. The molecule has 0 aliphatic rings. The standard InChI is InChI=1S/C10H7ClF3NO/c11-9(12)10(13,14)16-8-3-1-7(2-4-8)5-6-15/h1-4,9H,5H2. The van der Waals surface area contributed by atoms with Crippen molar-refractivity contribution in [1.82, 2.24) is 0 Å². The molecule has 1 rings (SSSR count). The average Bonchev–Trinajstić information content (AvgIpc) is 2.21. The number of nitriles is 1. The van der Waals surface area contributed by atoms with Gasteiger partial charge in [0.1, 0.15) is 5.75 Å². The smallest absolute Gasteiger partial charge is 0.429 e. The van der Waals surface area contributed by atoms with Gasteiger partial charge in [-0.2, -0.15) is 14.0 Å². The lowest BCUT2D eigenvalue weighted by Gasteiger charge is -2.17. The molecular weight excluding hydrogens is 243 g/mol.